The van der Waals surface area contributed by atoms with Gasteiger partial charge in [0.1, 0.15) is 5.75 Å². The van der Waals surface area contributed by atoms with Crippen molar-refractivity contribution in [3.05, 3.63) is 23.2 Å². The Morgan fingerprint density at radius 3 is 2.90 bits per heavy atom. The monoisotopic (exact) mass is 309 g/mol. The van der Waals surface area contributed by atoms with E-state index in [4.69, 9.17) is 21.6 Å². The number of carbonyl (C=O) groups excluding carboxylic acids is 1. The van der Waals surface area contributed by atoms with Gasteiger partial charge in [0.05, 0.1) is 24.8 Å². The Morgan fingerprint density at radius 1 is 1.57 bits per heavy atom. The molecule has 0 saturated carbocycles. The quantitative estimate of drug-likeness (QED) is 0.841. The van der Waals surface area contributed by atoms with E-state index in [9.17, 15) is 4.79 Å². The Balaban J connectivity index is 2.48. The van der Waals surface area contributed by atoms with E-state index in [0.717, 1.165) is 5.69 Å². The number of anilines is 1. The number of hydrogen-bond acceptors (Lipinski definition) is 4. The van der Waals surface area contributed by atoms with E-state index < -0.39 is 0 Å². The van der Waals surface area contributed by atoms with Gasteiger partial charge in [-0.05, 0) is 25.1 Å². The molecule has 0 heterocycles. The van der Waals surface area contributed by atoms with Crippen LogP contribution in [0.25, 0.3) is 0 Å². The minimum Gasteiger partial charge on any atom is -0.495 e. The van der Waals surface area contributed by atoms with Crippen molar-refractivity contribution in [1.29, 1.82) is 5.26 Å². The van der Waals surface area contributed by atoms with Gasteiger partial charge in [-0.25, -0.2) is 0 Å². The van der Waals surface area contributed by atoms with E-state index in [1.54, 1.807) is 44.2 Å². The van der Waals surface area contributed by atoms with Crippen LogP contribution in [0, 0.1) is 17.2 Å². The number of carbonyl (C=O) groups is 1. The molecule has 1 unspecified atom stereocenters. The van der Waals surface area contributed by atoms with Gasteiger partial charge in [0.25, 0.3) is 0 Å². The molecule has 1 rings (SSSR count). The molecule has 1 atom stereocenters. The predicted molar refractivity (Wildman–Crippen MR) is 83.5 cm³/mol. The molecular weight excluding hydrogens is 290 g/mol. The van der Waals surface area contributed by atoms with Crippen LogP contribution in [-0.2, 0) is 4.79 Å². The Labute approximate surface area is 130 Å². The number of nitrogens with one attached hydrogen (secondary N) is 1. The van der Waals surface area contributed by atoms with E-state index in [2.05, 4.69) is 11.4 Å². The fourth-order valence-corrected chi connectivity index (χ4v) is 2.04. The maximum atomic E-state index is 11.9. The number of amides is 1. The summed E-state index contributed by atoms with van der Waals surface area (Å²) in [6, 6.07) is 7.38. The van der Waals surface area contributed by atoms with E-state index in [-0.39, 0.29) is 11.8 Å². The summed E-state index contributed by atoms with van der Waals surface area (Å²) in [6.07, 6.45) is 0.338. The second-order valence-electron chi connectivity index (χ2n) is 4.83. The van der Waals surface area contributed by atoms with Crippen molar-refractivity contribution in [1.82, 2.24) is 4.90 Å². The molecule has 0 fully saturated rings. The first-order chi connectivity index (χ1) is 9.97. The fraction of sp³-hybridized carbons (Fsp3) is 0.467. The van der Waals surface area contributed by atoms with Gasteiger partial charge in [0, 0.05) is 31.6 Å². The second kappa shape index (κ2) is 8.38. The molecule has 1 amide bonds. The molecule has 21 heavy (non-hydrogen) atoms. The molecule has 1 N–H and O–H groups in total. The van der Waals surface area contributed by atoms with Crippen molar-refractivity contribution in [3.63, 3.8) is 0 Å². The number of hydrogen-bond donors (Lipinski definition) is 1. The van der Waals surface area contributed by atoms with Crippen molar-refractivity contribution < 1.29 is 9.53 Å². The minimum absolute atomic E-state index is 0.00871. The normalized spacial score (nSPS) is 11.4. The van der Waals surface area contributed by atoms with Crippen LogP contribution in [0.15, 0.2) is 18.2 Å². The van der Waals surface area contributed by atoms with Crippen LogP contribution in [-0.4, -0.2) is 38.1 Å². The lowest BCUT2D eigenvalue weighted by Gasteiger charge is -2.18. The van der Waals surface area contributed by atoms with Gasteiger partial charge in [-0.1, -0.05) is 11.6 Å². The summed E-state index contributed by atoms with van der Waals surface area (Å²) >= 11 is 5.94. The molecule has 0 spiro atoms. The number of benzene rings is 1. The highest BCUT2D eigenvalue weighted by atomic mass is 35.5. The van der Waals surface area contributed by atoms with Crippen LogP contribution in [0.1, 0.15) is 13.3 Å². The molecule has 1 aromatic rings. The number of ether oxygens (including phenoxy) is 1. The predicted octanol–water partition coefficient (Wildman–Crippen LogP) is 2.77. The topological polar surface area (TPSA) is 65.4 Å². The van der Waals surface area contributed by atoms with Crippen molar-refractivity contribution in [3.8, 4) is 11.8 Å². The molecule has 114 valence electrons. The lowest BCUT2D eigenvalue weighted by Crippen LogP contribution is -2.31. The Bertz CT molecular complexity index is 528. The van der Waals surface area contributed by atoms with Crippen LogP contribution < -0.4 is 10.1 Å². The fourth-order valence-electron chi connectivity index (χ4n) is 1.87. The third kappa shape index (κ3) is 5.52. The van der Waals surface area contributed by atoms with Gasteiger partial charge in [-0.2, -0.15) is 5.26 Å². The molecule has 0 aliphatic rings. The van der Waals surface area contributed by atoms with Gasteiger partial charge in [-0.15, -0.1) is 0 Å². The van der Waals surface area contributed by atoms with E-state index in [1.807, 2.05) is 0 Å². The number of nitrogens with zero attached hydrogens (tertiary/aromatic N) is 2. The first-order valence-electron chi connectivity index (χ1n) is 6.69. The van der Waals surface area contributed by atoms with Crippen LogP contribution in [0.3, 0.4) is 0 Å². The summed E-state index contributed by atoms with van der Waals surface area (Å²) in [6.45, 7) is 2.70. The number of methoxy groups -OCH3 is 1. The second-order valence-corrected chi connectivity index (χ2v) is 5.26. The molecule has 0 radical (unpaired) electrons. The van der Waals surface area contributed by atoms with Crippen LogP contribution >= 0.6 is 11.6 Å². The smallest absolute Gasteiger partial charge is 0.224 e. The molecule has 0 bridgehead atoms. The van der Waals surface area contributed by atoms with Gasteiger partial charge in [0.15, 0.2) is 0 Å². The third-order valence-electron chi connectivity index (χ3n) is 3.01. The number of nitriles is 1. The first-order valence-corrected chi connectivity index (χ1v) is 7.06. The Hall–Kier alpha value is -1.93. The zero-order valence-electron chi connectivity index (χ0n) is 12.5. The van der Waals surface area contributed by atoms with Crippen molar-refractivity contribution in [2.45, 2.75) is 13.3 Å². The molecule has 0 saturated heterocycles. The Morgan fingerprint density at radius 2 is 2.29 bits per heavy atom. The highest BCUT2D eigenvalue weighted by Crippen LogP contribution is 2.27. The summed E-state index contributed by atoms with van der Waals surface area (Å²) in [5, 5.41) is 12.5. The largest absolute Gasteiger partial charge is 0.495 e. The maximum absolute atomic E-state index is 11.9. The van der Waals surface area contributed by atoms with Crippen LogP contribution in [0.5, 0.6) is 5.75 Å². The summed E-state index contributed by atoms with van der Waals surface area (Å²) < 4.78 is 5.22. The maximum Gasteiger partial charge on any atom is 0.224 e. The summed E-state index contributed by atoms with van der Waals surface area (Å²) in [4.78, 5) is 13.5. The van der Waals surface area contributed by atoms with E-state index >= 15 is 0 Å². The zero-order valence-corrected chi connectivity index (χ0v) is 13.3. The highest BCUT2D eigenvalue weighted by molar-refractivity contribution is 6.30. The van der Waals surface area contributed by atoms with Gasteiger partial charge >= 0.3 is 0 Å². The summed E-state index contributed by atoms with van der Waals surface area (Å²) in [5.41, 5.74) is 0.755. The van der Waals surface area contributed by atoms with Crippen molar-refractivity contribution in [2.24, 2.45) is 5.92 Å². The number of halogens is 1. The van der Waals surface area contributed by atoms with Crippen LogP contribution in [0.4, 0.5) is 5.69 Å². The van der Waals surface area contributed by atoms with E-state index in [1.165, 1.54) is 0 Å². The lowest BCUT2D eigenvalue weighted by atomic mass is 10.2. The zero-order chi connectivity index (χ0) is 15.8. The standard InChI is InChI=1S/C15H20ClN3O2/c1-11(9-17)10-19(2)15(20)6-7-18-13-8-12(16)4-5-14(13)21-3/h4-5,8,11,18H,6-7,10H2,1-3H3. The molecule has 5 nitrogen and oxygen atoms in total. The molecule has 1 aromatic carbocycles. The minimum atomic E-state index is -0.167. The van der Waals surface area contributed by atoms with Crippen molar-refractivity contribution >= 4 is 23.2 Å². The van der Waals surface area contributed by atoms with Crippen molar-refractivity contribution in [2.75, 3.05) is 32.6 Å². The third-order valence-corrected chi connectivity index (χ3v) is 3.24. The van der Waals surface area contributed by atoms with Crippen LogP contribution in [0.2, 0.25) is 5.02 Å². The van der Waals surface area contributed by atoms with Gasteiger partial charge < -0.3 is 15.0 Å². The first kappa shape index (κ1) is 17.1. The molecular formula is C15H20ClN3O2. The molecule has 0 aromatic heterocycles. The molecule has 0 aliphatic carbocycles. The van der Waals surface area contributed by atoms with E-state index in [0.29, 0.717) is 30.3 Å². The number of rotatable bonds is 7. The average Bonchev–Trinajstić information content (AvgIpc) is 2.47. The molecule has 0 aliphatic heterocycles. The van der Waals surface area contributed by atoms with Gasteiger partial charge in [0.2, 0.25) is 5.91 Å². The summed E-state index contributed by atoms with van der Waals surface area (Å²) in [5.74, 6) is 0.504. The Kier molecular flexibility index (Phi) is 6.83. The lowest BCUT2D eigenvalue weighted by molar-refractivity contribution is -0.129. The SMILES string of the molecule is COc1ccc(Cl)cc1NCCC(=O)N(C)CC(C)C#N. The molecule has 6 heteroatoms. The van der Waals surface area contributed by atoms with Gasteiger partial charge in [-0.3, -0.25) is 4.79 Å². The average molecular weight is 310 g/mol. The highest BCUT2D eigenvalue weighted by Gasteiger charge is 2.12. The summed E-state index contributed by atoms with van der Waals surface area (Å²) in [7, 11) is 3.28.